The van der Waals surface area contributed by atoms with Crippen molar-refractivity contribution in [3.8, 4) is 0 Å². The molecule has 4 nitrogen and oxygen atoms in total. The van der Waals surface area contributed by atoms with Crippen LogP contribution in [0.15, 0.2) is 53.4 Å². The van der Waals surface area contributed by atoms with Crippen molar-refractivity contribution in [1.82, 2.24) is 4.72 Å². The largest absolute Gasteiger partial charge is 0.397 e. The van der Waals surface area contributed by atoms with Crippen LogP contribution in [0.1, 0.15) is 5.56 Å². The molecule has 0 fully saturated rings. The highest BCUT2D eigenvalue weighted by molar-refractivity contribution is 7.83. The number of benzene rings is 2. The van der Waals surface area contributed by atoms with E-state index in [0.717, 1.165) is 5.56 Å². The molecule has 5 heteroatoms. The second-order valence-corrected chi connectivity index (χ2v) is 5.16. The number of hydrogen-bond donors (Lipinski definition) is 3. The molecule has 0 heterocycles. The predicted molar refractivity (Wildman–Crippen MR) is 75.0 cm³/mol. The maximum atomic E-state index is 12.0. The number of rotatable bonds is 4. The lowest BCUT2D eigenvalue weighted by Gasteiger charge is -2.06. The summed E-state index contributed by atoms with van der Waals surface area (Å²) in [5.74, 6) is 0. The minimum absolute atomic E-state index is 0.447. The quantitative estimate of drug-likeness (QED) is 0.732. The van der Waals surface area contributed by atoms with Crippen molar-refractivity contribution in [2.45, 2.75) is 11.4 Å². The van der Waals surface area contributed by atoms with Gasteiger partial charge in [0, 0.05) is 6.54 Å². The van der Waals surface area contributed by atoms with Gasteiger partial charge in [-0.1, -0.05) is 30.3 Å². The van der Waals surface area contributed by atoms with Crippen LogP contribution in [0.4, 0.5) is 11.4 Å². The van der Waals surface area contributed by atoms with Crippen molar-refractivity contribution in [1.29, 1.82) is 0 Å². The molecule has 2 rings (SSSR count). The van der Waals surface area contributed by atoms with Crippen LogP contribution in [-0.2, 0) is 17.5 Å². The molecule has 94 valence electrons. The summed E-state index contributed by atoms with van der Waals surface area (Å²) in [4.78, 5) is 0.623. The maximum Gasteiger partial charge on any atom is 0.125 e. The number of nitrogens with two attached hydrogens (primary N) is 2. The third-order valence-electron chi connectivity index (χ3n) is 2.52. The van der Waals surface area contributed by atoms with Gasteiger partial charge in [0.1, 0.15) is 11.0 Å². The second kappa shape index (κ2) is 5.66. The van der Waals surface area contributed by atoms with Crippen LogP contribution in [0, 0.1) is 0 Å². The SMILES string of the molecule is Nc1ccc(S(=O)NCc2ccccc2)cc1N. The first-order valence-corrected chi connectivity index (χ1v) is 6.66. The van der Waals surface area contributed by atoms with E-state index in [4.69, 9.17) is 11.5 Å². The lowest BCUT2D eigenvalue weighted by molar-refractivity contribution is 0.672. The third kappa shape index (κ3) is 3.09. The van der Waals surface area contributed by atoms with Gasteiger partial charge >= 0.3 is 0 Å². The van der Waals surface area contributed by atoms with E-state index < -0.39 is 11.0 Å². The van der Waals surface area contributed by atoms with Gasteiger partial charge in [-0.3, -0.25) is 0 Å². The van der Waals surface area contributed by atoms with Gasteiger partial charge in [0.2, 0.25) is 0 Å². The molecule has 5 N–H and O–H groups in total. The van der Waals surface area contributed by atoms with Gasteiger partial charge in [-0.15, -0.1) is 0 Å². The molecule has 0 radical (unpaired) electrons. The average Bonchev–Trinajstić information content (AvgIpc) is 2.40. The Hall–Kier alpha value is -1.85. The summed E-state index contributed by atoms with van der Waals surface area (Å²) in [5.41, 5.74) is 13.3. The minimum atomic E-state index is -1.29. The smallest absolute Gasteiger partial charge is 0.125 e. The van der Waals surface area contributed by atoms with E-state index in [2.05, 4.69) is 4.72 Å². The number of nitrogen functional groups attached to an aromatic ring is 2. The molecular formula is C13H15N3OS. The van der Waals surface area contributed by atoms with Crippen LogP contribution in [0.5, 0.6) is 0 Å². The van der Waals surface area contributed by atoms with Crippen LogP contribution in [0.2, 0.25) is 0 Å². The zero-order chi connectivity index (χ0) is 13.0. The standard InChI is InChI=1S/C13H15N3OS/c14-12-7-6-11(8-13(12)15)18(17)16-9-10-4-2-1-3-5-10/h1-8,16H,9,14-15H2. The van der Waals surface area contributed by atoms with Crippen molar-refractivity contribution < 1.29 is 4.21 Å². The van der Waals surface area contributed by atoms with Gasteiger partial charge in [0.05, 0.1) is 16.3 Å². The van der Waals surface area contributed by atoms with Crippen molar-refractivity contribution in [3.05, 3.63) is 54.1 Å². The predicted octanol–water partition coefficient (Wildman–Crippen LogP) is 1.66. The molecule has 0 aliphatic heterocycles. The first-order valence-electron chi connectivity index (χ1n) is 5.51. The maximum absolute atomic E-state index is 12.0. The van der Waals surface area contributed by atoms with Crippen LogP contribution in [0.25, 0.3) is 0 Å². The van der Waals surface area contributed by atoms with E-state index in [9.17, 15) is 4.21 Å². The Morgan fingerprint density at radius 2 is 1.72 bits per heavy atom. The fourth-order valence-corrected chi connectivity index (χ4v) is 2.39. The highest BCUT2D eigenvalue weighted by Gasteiger charge is 2.05. The Morgan fingerprint density at radius 1 is 1.00 bits per heavy atom. The second-order valence-electron chi connectivity index (χ2n) is 3.87. The molecule has 1 atom stereocenters. The topological polar surface area (TPSA) is 81.1 Å². The Labute approximate surface area is 109 Å². The first kappa shape index (κ1) is 12.6. The summed E-state index contributed by atoms with van der Waals surface area (Å²) >= 11 is 0. The monoisotopic (exact) mass is 261 g/mol. The lowest BCUT2D eigenvalue weighted by Crippen LogP contribution is -2.17. The summed E-state index contributed by atoms with van der Waals surface area (Å²) in [5, 5.41) is 0. The molecule has 0 aliphatic rings. The van der Waals surface area contributed by atoms with Crippen molar-refractivity contribution >= 4 is 22.4 Å². The van der Waals surface area contributed by atoms with Gasteiger partial charge in [-0.25, -0.2) is 8.93 Å². The Morgan fingerprint density at radius 3 is 2.39 bits per heavy atom. The molecule has 2 aromatic rings. The molecule has 0 amide bonds. The molecule has 0 bridgehead atoms. The zero-order valence-electron chi connectivity index (χ0n) is 9.80. The van der Waals surface area contributed by atoms with Crippen molar-refractivity contribution in [3.63, 3.8) is 0 Å². The lowest BCUT2D eigenvalue weighted by atomic mass is 10.2. The van der Waals surface area contributed by atoms with E-state index in [0.29, 0.717) is 22.8 Å². The van der Waals surface area contributed by atoms with Crippen LogP contribution >= 0.6 is 0 Å². The van der Waals surface area contributed by atoms with Gasteiger partial charge in [-0.2, -0.15) is 0 Å². The number of anilines is 2. The highest BCUT2D eigenvalue weighted by atomic mass is 32.2. The summed E-state index contributed by atoms with van der Waals surface area (Å²) in [6, 6.07) is 14.8. The Bertz CT molecular complexity index is 557. The average molecular weight is 261 g/mol. The van der Waals surface area contributed by atoms with Crippen LogP contribution < -0.4 is 16.2 Å². The highest BCUT2D eigenvalue weighted by Crippen LogP contribution is 2.17. The molecule has 0 saturated carbocycles. The van der Waals surface area contributed by atoms with Crippen molar-refractivity contribution in [2.75, 3.05) is 11.5 Å². The number of nitrogens with one attached hydrogen (secondary N) is 1. The summed E-state index contributed by atoms with van der Waals surface area (Å²) < 4.78 is 14.9. The number of hydrogen-bond acceptors (Lipinski definition) is 3. The molecular weight excluding hydrogens is 246 g/mol. The third-order valence-corrected chi connectivity index (χ3v) is 3.61. The van der Waals surface area contributed by atoms with Gasteiger partial charge in [0.25, 0.3) is 0 Å². The minimum Gasteiger partial charge on any atom is -0.397 e. The van der Waals surface area contributed by atoms with Gasteiger partial charge < -0.3 is 11.5 Å². The summed E-state index contributed by atoms with van der Waals surface area (Å²) in [6.45, 7) is 0.539. The normalized spacial score (nSPS) is 12.2. The summed E-state index contributed by atoms with van der Waals surface area (Å²) in [6.07, 6.45) is 0. The van der Waals surface area contributed by atoms with E-state index in [1.54, 1.807) is 18.2 Å². The molecule has 0 aliphatic carbocycles. The molecule has 2 aromatic carbocycles. The Balaban J connectivity index is 2.02. The molecule has 0 spiro atoms. The molecule has 0 saturated heterocycles. The zero-order valence-corrected chi connectivity index (χ0v) is 10.6. The fourth-order valence-electron chi connectivity index (χ4n) is 1.50. The van der Waals surface area contributed by atoms with Gasteiger partial charge in [0.15, 0.2) is 0 Å². The first-order chi connectivity index (χ1) is 8.66. The van der Waals surface area contributed by atoms with Gasteiger partial charge in [-0.05, 0) is 23.8 Å². The van der Waals surface area contributed by atoms with E-state index in [1.807, 2.05) is 30.3 Å². The van der Waals surface area contributed by atoms with E-state index in [-0.39, 0.29) is 0 Å². The molecule has 1 unspecified atom stereocenters. The molecule has 18 heavy (non-hydrogen) atoms. The van der Waals surface area contributed by atoms with Crippen LogP contribution in [0.3, 0.4) is 0 Å². The van der Waals surface area contributed by atoms with E-state index in [1.165, 1.54) is 0 Å². The van der Waals surface area contributed by atoms with Crippen molar-refractivity contribution in [2.24, 2.45) is 0 Å². The Kier molecular flexibility index (Phi) is 3.96. The molecule has 0 aromatic heterocycles. The fraction of sp³-hybridized carbons (Fsp3) is 0.0769. The van der Waals surface area contributed by atoms with E-state index >= 15 is 0 Å². The summed E-state index contributed by atoms with van der Waals surface area (Å²) in [7, 11) is -1.29. The van der Waals surface area contributed by atoms with Crippen LogP contribution in [-0.4, -0.2) is 4.21 Å².